The van der Waals surface area contributed by atoms with Crippen molar-refractivity contribution in [1.29, 1.82) is 0 Å². The SMILES string of the molecule is CNC(=O)c1ccc(N)cc1OCCC(C)(C)OC. The number of ether oxygens (including phenoxy) is 2. The smallest absolute Gasteiger partial charge is 0.254 e. The predicted octanol–water partition coefficient (Wildman–Crippen LogP) is 1.82. The van der Waals surface area contributed by atoms with Crippen LogP contribution in [0.15, 0.2) is 18.2 Å². The molecule has 0 atom stereocenters. The fraction of sp³-hybridized carbons (Fsp3) is 0.500. The third kappa shape index (κ3) is 4.44. The summed E-state index contributed by atoms with van der Waals surface area (Å²) in [6.07, 6.45) is 0.714. The number of benzene rings is 1. The van der Waals surface area contributed by atoms with Crippen LogP contribution in [0.25, 0.3) is 0 Å². The van der Waals surface area contributed by atoms with E-state index in [1.807, 2.05) is 13.8 Å². The van der Waals surface area contributed by atoms with Gasteiger partial charge in [-0.05, 0) is 26.0 Å². The van der Waals surface area contributed by atoms with Gasteiger partial charge in [0, 0.05) is 32.3 Å². The van der Waals surface area contributed by atoms with Crippen LogP contribution in [-0.4, -0.2) is 32.3 Å². The van der Waals surface area contributed by atoms with Gasteiger partial charge in [-0.1, -0.05) is 0 Å². The van der Waals surface area contributed by atoms with Crippen LogP contribution in [0.2, 0.25) is 0 Å². The van der Waals surface area contributed by atoms with E-state index in [4.69, 9.17) is 15.2 Å². The lowest BCUT2D eigenvalue weighted by Gasteiger charge is -2.23. The van der Waals surface area contributed by atoms with E-state index < -0.39 is 0 Å². The molecule has 1 rings (SSSR count). The van der Waals surface area contributed by atoms with Crippen LogP contribution in [0.3, 0.4) is 0 Å². The lowest BCUT2D eigenvalue weighted by Crippen LogP contribution is -2.25. The minimum Gasteiger partial charge on any atom is -0.493 e. The molecule has 3 N–H and O–H groups in total. The highest BCUT2D eigenvalue weighted by Crippen LogP contribution is 2.23. The fourth-order valence-corrected chi connectivity index (χ4v) is 1.49. The highest BCUT2D eigenvalue weighted by atomic mass is 16.5. The van der Waals surface area contributed by atoms with E-state index in [1.165, 1.54) is 0 Å². The maximum Gasteiger partial charge on any atom is 0.254 e. The first-order chi connectivity index (χ1) is 8.89. The Morgan fingerprint density at radius 1 is 1.42 bits per heavy atom. The van der Waals surface area contributed by atoms with Crippen LogP contribution in [0.5, 0.6) is 5.75 Å². The van der Waals surface area contributed by atoms with E-state index in [0.29, 0.717) is 30.0 Å². The molecular formula is C14H22N2O3. The molecule has 0 aliphatic carbocycles. The number of nitrogens with two attached hydrogens (primary N) is 1. The number of hydrogen-bond donors (Lipinski definition) is 2. The van der Waals surface area contributed by atoms with Crippen LogP contribution in [-0.2, 0) is 4.74 Å². The topological polar surface area (TPSA) is 73.6 Å². The molecule has 0 aromatic heterocycles. The average Bonchev–Trinajstić information content (AvgIpc) is 2.38. The number of nitrogen functional groups attached to an aromatic ring is 1. The van der Waals surface area contributed by atoms with Crippen molar-refractivity contribution in [1.82, 2.24) is 5.32 Å². The third-order valence-corrected chi connectivity index (χ3v) is 2.99. The first-order valence-corrected chi connectivity index (χ1v) is 6.19. The Labute approximate surface area is 114 Å². The Morgan fingerprint density at radius 3 is 2.68 bits per heavy atom. The second-order valence-electron chi connectivity index (χ2n) is 4.90. The maximum absolute atomic E-state index is 11.7. The minimum absolute atomic E-state index is 0.194. The number of amides is 1. The number of nitrogens with one attached hydrogen (secondary N) is 1. The molecule has 0 bridgehead atoms. The van der Waals surface area contributed by atoms with Gasteiger partial charge in [-0.2, -0.15) is 0 Å². The van der Waals surface area contributed by atoms with Crippen molar-refractivity contribution in [2.45, 2.75) is 25.9 Å². The Hall–Kier alpha value is -1.75. The van der Waals surface area contributed by atoms with Gasteiger partial charge in [0.2, 0.25) is 0 Å². The molecule has 0 radical (unpaired) electrons. The van der Waals surface area contributed by atoms with E-state index in [1.54, 1.807) is 32.4 Å². The summed E-state index contributed by atoms with van der Waals surface area (Å²) in [5.41, 5.74) is 6.50. The summed E-state index contributed by atoms with van der Waals surface area (Å²) in [5, 5.41) is 2.57. The van der Waals surface area contributed by atoms with Crippen LogP contribution in [0.1, 0.15) is 30.6 Å². The molecule has 0 spiro atoms. The summed E-state index contributed by atoms with van der Waals surface area (Å²) in [5.74, 6) is 0.298. The van der Waals surface area contributed by atoms with Crippen LogP contribution in [0, 0.1) is 0 Å². The molecule has 1 aromatic rings. The van der Waals surface area contributed by atoms with Gasteiger partial charge in [0.05, 0.1) is 17.8 Å². The molecule has 0 saturated carbocycles. The summed E-state index contributed by atoms with van der Waals surface area (Å²) >= 11 is 0. The molecule has 0 heterocycles. The number of hydrogen-bond acceptors (Lipinski definition) is 4. The molecule has 0 fully saturated rings. The largest absolute Gasteiger partial charge is 0.493 e. The average molecular weight is 266 g/mol. The number of methoxy groups -OCH3 is 1. The molecule has 0 aliphatic rings. The van der Waals surface area contributed by atoms with Gasteiger partial charge in [-0.3, -0.25) is 4.79 Å². The zero-order chi connectivity index (χ0) is 14.5. The molecule has 19 heavy (non-hydrogen) atoms. The van der Waals surface area contributed by atoms with E-state index in [2.05, 4.69) is 5.32 Å². The van der Waals surface area contributed by atoms with Gasteiger partial charge in [0.25, 0.3) is 5.91 Å². The van der Waals surface area contributed by atoms with Gasteiger partial charge >= 0.3 is 0 Å². The van der Waals surface area contributed by atoms with Crippen LogP contribution < -0.4 is 15.8 Å². The van der Waals surface area contributed by atoms with E-state index in [9.17, 15) is 4.79 Å². The summed E-state index contributed by atoms with van der Waals surface area (Å²) < 4.78 is 11.0. The van der Waals surface area contributed by atoms with Gasteiger partial charge < -0.3 is 20.5 Å². The minimum atomic E-state index is -0.256. The lowest BCUT2D eigenvalue weighted by atomic mass is 10.1. The quantitative estimate of drug-likeness (QED) is 0.770. The van der Waals surface area contributed by atoms with Gasteiger partial charge in [-0.15, -0.1) is 0 Å². The Balaban J connectivity index is 2.76. The van der Waals surface area contributed by atoms with Gasteiger partial charge in [0.1, 0.15) is 5.75 Å². The van der Waals surface area contributed by atoms with Crippen LogP contribution in [0.4, 0.5) is 5.69 Å². The van der Waals surface area contributed by atoms with Crippen molar-refractivity contribution in [2.75, 3.05) is 26.5 Å². The zero-order valence-electron chi connectivity index (χ0n) is 11.9. The second-order valence-corrected chi connectivity index (χ2v) is 4.90. The normalized spacial score (nSPS) is 11.2. The fourth-order valence-electron chi connectivity index (χ4n) is 1.49. The molecule has 0 unspecified atom stereocenters. The second kappa shape index (κ2) is 6.43. The van der Waals surface area contributed by atoms with Gasteiger partial charge in [0.15, 0.2) is 0 Å². The van der Waals surface area contributed by atoms with Crippen molar-refractivity contribution >= 4 is 11.6 Å². The maximum atomic E-state index is 11.7. The molecule has 5 heteroatoms. The molecule has 1 aromatic carbocycles. The van der Waals surface area contributed by atoms with Crippen molar-refractivity contribution in [2.24, 2.45) is 0 Å². The summed E-state index contributed by atoms with van der Waals surface area (Å²) in [6.45, 7) is 4.42. The Bertz CT molecular complexity index is 444. The lowest BCUT2D eigenvalue weighted by molar-refractivity contribution is 0.00542. The van der Waals surface area contributed by atoms with Crippen molar-refractivity contribution in [3.8, 4) is 5.75 Å². The van der Waals surface area contributed by atoms with Crippen molar-refractivity contribution in [3.63, 3.8) is 0 Å². The van der Waals surface area contributed by atoms with Crippen molar-refractivity contribution in [3.05, 3.63) is 23.8 Å². The molecule has 0 saturated heterocycles. The summed E-state index contributed by atoms with van der Waals surface area (Å²) in [7, 11) is 3.24. The number of carbonyl (C=O) groups excluding carboxylic acids is 1. The Kier molecular flexibility index (Phi) is 5.18. The van der Waals surface area contributed by atoms with E-state index in [0.717, 1.165) is 0 Å². The standard InChI is InChI=1S/C14H22N2O3/c1-14(2,18-4)7-8-19-12-9-10(15)5-6-11(12)13(17)16-3/h5-6,9H,7-8,15H2,1-4H3,(H,16,17). The zero-order valence-corrected chi connectivity index (χ0v) is 11.9. The first-order valence-electron chi connectivity index (χ1n) is 6.19. The Morgan fingerprint density at radius 2 is 2.11 bits per heavy atom. The summed E-state index contributed by atoms with van der Waals surface area (Å²) in [4.78, 5) is 11.7. The monoisotopic (exact) mass is 266 g/mol. The van der Waals surface area contributed by atoms with Crippen molar-refractivity contribution < 1.29 is 14.3 Å². The number of anilines is 1. The molecule has 106 valence electrons. The molecule has 1 amide bonds. The van der Waals surface area contributed by atoms with E-state index >= 15 is 0 Å². The molecular weight excluding hydrogens is 244 g/mol. The number of carbonyl (C=O) groups is 1. The third-order valence-electron chi connectivity index (χ3n) is 2.99. The molecule has 0 aliphatic heterocycles. The highest BCUT2D eigenvalue weighted by Gasteiger charge is 2.17. The highest BCUT2D eigenvalue weighted by molar-refractivity contribution is 5.97. The van der Waals surface area contributed by atoms with Gasteiger partial charge in [-0.25, -0.2) is 0 Å². The predicted molar refractivity (Wildman–Crippen MR) is 75.4 cm³/mol. The number of rotatable bonds is 6. The first kappa shape index (κ1) is 15.3. The summed E-state index contributed by atoms with van der Waals surface area (Å²) in [6, 6.07) is 4.99. The van der Waals surface area contributed by atoms with Crippen LogP contribution >= 0.6 is 0 Å². The molecule has 5 nitrogen and oxygen atoms in total. The van der Waals surface area contributed by atoms with E-state index in [-0.39, 0.29) is 11.5 Å².